The molecular weight excluding hydrogens is 465 g/mol. The minimum atomic E-state index is -4.41. The maximum atomic E-state index is 13.1. The maximum Gasteiger partial charge on any atom is 0.416 e. The molecule has 0 spiro atoms. The zero-order valence-electron chi connectivity index (χ0n) is 19.9. The van der Waals surface area contributed by atoms with Gasteiger partial charge in [0.2, 0.25) is 0 Å². The molecule has 0 radical (unpaired) electrons. The largest absolute Gasteiger partial charge is 0.416 e. The van der Waals surface area contributed by atoms with Crippen LogP contribution in [0.3, 0.4) is 0 Å². The summed E-state index contributed by atoms with van der Waals surface area (Å²) in [7, 11) is 0. The predicted molar refractivity (Wildman–Crippen MR) is 132 cm³/mol. The number of aryl methyl sites for hydroxylation is 1. The van der Waals surface area contributed by atoms with Crippen LogP contribution in [0.4, 0.5) is 13.2 Å². The Morgan fingerprint density at radius 2 is 1.56 bits per heavy atom. The van der Waals surface area contributed by atoms with E-state index in [1.165, 1.54) is 12.1 Å². The second-order valence-electron chi connectivity index (χ2n) is 8.49. The number of benzene rings is 3. The molecule has 1 unspecified atom stereocenters. The highest BCUT2D eigenvalue weighted by atomic mass is 19.4. The van der Waals surface area contributed by atoms with Crippen LogP contribution in [-0.2, 0) is 19.1 Å². The van der Waals surface area contributed by atoms with E-state index in [-0.39, 0.29) is 11.8 Å². The average Bonchev–Trinajstić information content (AvgIpc) is 3.33. The van der Waals surface area contributed by atoms with Gasteiger partial charge in [0.25, 0.3) is 5.91 Å². The lowest BCUT2D eigenvalue weighted by molar-refractivity contribution is -0.137. The van der Waals surface area contributed by atoms with Crippen LogP contribution in [0.25, 0.3) is 11.3 Å². The Labute approximate surface area is 208 Å². The van der Waals surface area contributed by atoms with Crippen LogP contribution in [0.2, 0.25) is 0 Å². The van der Waals surface area contributed by atoms with Crippen molar-refractivity contribution in [3.05, 3.63) is 107 Å². The van der Waals surface area contributed by atoms with Crippen LogP contribution in [0, 0.1) is 0 Å². The molecule has 0 fully saturated rings. The van der Waals surface area contributed by atoms with Crippen molar-refractivity contribution >= 4 is 5.91 Å². The third-order valence-electron chi connectivity index (χ3n) is 5.98. The fourth-order valence-corrected chi connectivity index (χ4v) is 4.09. The van der Waals surface area contributed by atoms with E-state index in [4.69, 9.17) is 5.10 Å². The van der Waals surface area contributed by atoms with Gasteiger partial charge in [0.05, 0.1) is 17.8 Å². The van der Waals surface area contributed by atoms with Crippen molar-refractivity contribution in [3.63, 3.8) is 0 Å². The molecule has 0 aliphatic rings. The summed E-state index contributed by atoms with van der Waals surface area (Å²) < 4.78 is 39.3. The summed E-state index contributed by atoms with van der Waals surface area (Å²) in [5.74, 6) is -0.268. The molecule has 0 aliphatic carbocycles. The first-order valence-corrected chi connectivity index (χ1v) is 11.8. The minimum Gasteiger partial charge on any atom is -0.352 e. The number of alkyl halides is 3. The van der Waals surface area contributed by atoms with Crippen molar-refractivity contribution < 1.29 is 18.0 Å². The van der Waals surface area contributed by atoms with E-state index in [2.05, 4.69) is 10.4 Å². The average molecular weight is 493 g/mol. The van der Waals surface area contributed by atoms with E-state index in [0.29, 0.717) is 48.4 Å². The molecule has 1 N–H and O–H groups in total. The molecule has 4 aromatic rings. The van der Waals surface area contributed by atoms with Gasteiger partial charge in [-0.2, -0.15) is 28.2 Å². The smallest absolute Gasteiger partial charge is 0.352 e. The first-order valence-electron chi connectivity index (χ1n) is 11.8. The Morgan fingerprint density at radius 1 is 0.917 bits per heavy atom. The molecule has 1 atom stereocenters. The first kappa shape index (κ1) is 25.2. The Morgan fingerprint density at radius 3 is 2.17 bits per heavy atom. The van der Waals surface area contributed by atoms with E-state index >= 15 is 0 Å². The fraction of sp³-hybridized carbons (Fsp3) is 0.250. The number of nitrogens with one attached hydrogen (secondary N) is 1. The number of carbonyl (C=O) groups is 1. The van der Waals surface area contributed by atoms with Crippen LogP contribution in [-0.4, -0.2) is 27.4 Å². The van der Waals surface area contributed by atoms with Crippen LogP contribution < -0.4 is 5.32 Å². The molecule has 0 saturated heterocycles. The van der Waals surface area contributed by atoms with Crippen molar-refractivity contribution in [2.75, 3.05) is 6.54 Å². The van der Waals surface area contributed by atoms with Gasteiger partial charge in [-0.3, -0.25) is 4.79 Å². The number of nitrogens with zero attached hydrogens (tertiary/aromatic N) is 3. The molecule has 4 rings (SSSR count). The number of hydrogen-bond donors (Lipinski definition) is 1. The van der Waals surface area contributed by atoms with E-state index < -0.39 is 11.7 Å². The standard InChI is InChI=1S/C28H27F3N4O/c1-2-35-33-25(21-13-15-24(16-14-21)28(29,30)31)26(34-35)23(19-20-9-5-3-6-10-20)17-18-32-27(36)22-11-7-4-8-12-22/h3-16,23H,2,17-19H2,1H3,(H,32,36). The predicted octanol–water partition coefficient (Wildman–Crippen LogP) is 6.13. The van der Waals surface area contributed by atoms with Crippen LogP contribution >= 0.6 is 0 Å². The number of carbonyl (C=O) groups excluding carboxylic acids is 1. The molecule has 0 aliphatic heterocycles. The quantitative estimate of drug-likeness (QED) is 0.306. The lowest BCUT2D eigenvalue weighted by Gasteiger charge is -2.17. The number of aromatic nitrogens is 3. The summed E-state index contributed by atoms with van der Waals surface area (Å²) in [6, 6.07) is 23.9. The highest BCUT2D eigenvalue weighted by Gasteiger charge is 2.30. The van der Waals surface area contributed by atoms with Crippen LogP contribution in [0.15, 0.2) is 84.9 Å². The summed E-state index contributed by atoms with van der Waals surface area (Å²) in [5.41, 5.74) is 2.81. The molecule has 1 amide bonds. The second kappa shape index (κ2) is 11.2. The second-order valence-corrected chi connectivity index (χ2v) is 8.49. The zero-order valence-corrected chi connectivity index (χ0v) is 19.9. The monoisotopic (exact) mass is 492 g/mol. The Hall–Kier alpha value is -3.94. The topological polar surface area (TPSA) is 59.8 Å². The van der Waals surface area contributed by atoms with E-state index in [1.54, 1.807) is 16.9 Å². The number of amides is 1. The van der Waals surface area contributed by atoms with Crippen molar-refractivity contribution in [2.24, 2.45) is 0 Å². The molecule has 1 heterocycles. The summed E-state index contributed by atoms with van der Waals surface area (Å²) in [5, 5.41) is 12.3. The van der Waals surface area contributed by atoms with Gasteiger partial charge in [-0.05, 0) is 49.6 Å². The molecule has 5 nitrogen and oxygen atoms in total. The van der Waals surface area contributed by atoms with Gasteiger partial charge in [-0.1, -0.05) is 60.7 Å². The minimum absolute atomic E-state index is 0.110. The summed E-state index contributed by atoms with van der Waals surface area (Å²) in [6.07, 6.45) is -3.17. The van der Waals surface area contributed by atoms with Crippen LogP contribution in [0.5, 0.6) is 0 Å². The molecule has 3 aromatic carbocycles. The molecule has 0 saturated carbocycles. The Balaban J connectivity index is 1.62. The van der Waals surface area contributed by atoms with Crippen LogP contribution in [0.1, 0.15) is 46.4 Å². The lowest BCUT2D eigenvalue weighted by atomic mass is 9.90. The maximum absolute atomic E-state index is 13.1. The SMILES string of the molecule is CCn1nc(-c2ccc(C(F)(F)F)cc2)c(C(CCNC(=O)c2ccccc2)Cc2ccccc2)n1. The highest BCUT2D eigenvalue weighted by molar-refractivity contribution is 5.94. The van der Waals surface area contributed by atoms with Gasteiger partial charge in [0, 0.05) is 23.6 Å². The summed E-state index contributed by atoms with van der Waals surface area (Å²) >= 11 is 0. The van der Waals surface area contributed by atoms with Gasteiger partial charge in [-0.15, -0.1) is 0 Å². The number of hydrogen-bond acceptors (Lipinski definition) is 3. The fourth-order valence-electron chi connectivity index (χ4n) is 4.09. The van der Waals surface area contributed by atoms with Gasteiger partial charge >= 0.3 is 6.18 Å². The van der Waals surface area contributed by atoms with Gasteiger partial charge in [-0.25, -0.2) is 0 Å². The Kier molecular flexibility index (Phi) is 7.83. The summed E-state index contributed by atoms with van der Waals surface area (Å²) in [6.45, 7) is 2.85. The lowest BCUT2D eigenvalue weighted by Crippen LogP contribution is -2.26. The number of rotatable bonds is 9. The van der Waals surface area contributed by atoms with Crippen molar-refractivity contribution in [3.8, 4) is 11.3 Å². The van der Waals surface area contributed by atoms with Gasteiger partial charge in [0.1, 0.15) is 5.69 Å². The molecule has 0 bridgehead atoms. The molecule has 186 valence electrons. The first-order chi connectivity index (χ1) is 17.3. The van der Waals surface area contributed by atoms with E-state index in [0.717, 1.165) is 17.7 Å². The molecule has 8 heteroatoms. The normalized spacial score (nSPS) is 12.3. The van der Waals surface area contributed by atoms with Gasteiger partial charge in [0.15, 0.2) is 0 Å². The number of halogens is 3. The summed E-state index contributed by atoms with van der Waals surface area (Å²) in [4.78, 5) is 14.1. The van der Waals surface area contributed by atoms with E-state index in [9.17, 15) is 18.0 Å². The Bertz CT molecular complexity index is 1270. The molecule has 36 heavy (non-hydrogen) atoms. The van der Waals surface area contributed by atoms with E-state index in [1.807, 2.05) is 55.5 Å². The highest BCUT2D eigenvalue weighted by Crippen LogP contribution is 2.34. The third-order valence-corrected chi connectivity index (χ3v) is 5.98. The molecular formula is C28H27F3N4O. The third kappa shape index (κ3) is 6.19. The van der Waals surface area contributed by atoms with Crippen molar-refractivity contribution in [2.45, 2.75) is 38.4 Å². The van der Waals surface area contributed by atoms with Gasteiger partial charge < -0.3 is 5.32 Å². The molecule has 1 aromatic heterocycles. The van der Waals surface area contributed by atoms with Crippen molar-refractivity contribution in [1.82, 2.24) is 20.3 Å². The zero-order chi connectivity index (χ0) is 25.5. The van der Waals surface area contributed by atoms with Crippen molar-refractivity contribution in [1.29, 1.82) is 0 Å².